The van der Waals surface area contributed by atoms with E-state index in [9.17, 15) is 37.9 Å². The van der Waals surface area contributed by atoms with E-state index < -0.39 is 71.2 Å². The van der Waals surface area contributed by atoms with Gasteiger partial charge in [0, 0.05) is 12.8 Å². The van der Waals surface area contributed by atoms with Gasteiger partial charge in [-0.1, -0.05) is 130 Å². The van der Waals surface area contributed by atoms with Crippen LogP contribution in [-0.4, -0.2) is 96.0 Å². The summed E-state index contributed by atoms with van der Waals surface area (Å²) in [6.07, 6.45) is 36.0. The van der Waals surface area contributed by atoms with Gasteiger partial charge in [-0.15, -0.1) is 0 Å². The van der Waals surface area contributed by atoms with Crippen LogP contribution in [0.2, 0.25) is 0 Å². The first-order chi connectivity index (χ1) is 28.0. The van der Waals surface area contributed by atoms with Crippen LogP contribution in [-0.2, 0) is 38.7 Å². The summed E-state index contributed by atoms with van der Waals surface area (Å²) in [5.41, 5.74) is 0. The number of carbonyl (C=O) groups excluding carboxylic acids is 2. The van der Waals surface area contributed by atoms with E-state index in [4.69, 9.17) is 18.9 Å². The third-order valence-electron chi connectivity index (χ3n) is 8.75. The number of allylic oxidation sites excluding steroid dienone is 16. The van der Waals surface area contributed by atoms with Crippen LogP contribution in [0.15, 0.2) is 97.2 Å². The number of hydrogen-bond donors (Lipinski definition) is 4. The molecule has 6 atom stereocenters. The third-order valence-corrected chi connectivity index (χ3v) is 9.50. The van der Waals surface area contributed by atoms with Crippen LogP contribution < -0.4 is 0 Å². The van der Waals surface area contributed by atoms with Crippen LogP contribution in [0, 0.1) is 0 Å². The molecule has 1 fully saturated rings. The molecule has 0 amide bonds. The van der Waals surface area contributed by atoms with Gasteiger partial charge in [-0.25, -0.2) is 0 Å². The average molecular weight is 835 g/mol. The second-order valence-corrected chi connectivity index (χ2v) is 15.5. The smallest absolute Gasteiger partial charge is 0.306 e. The molecule has 2 unspecified atom stereocenters. The second kappa shape index (κ2) is 34.4. The Hall–Kier alpha value is -3.43. The lowest BCUT2D eigenvalue weighted by Gasteiger charge is -2.40. The normalized spacial score (nSPS) is 21.4. The molecule has 0 aliphatic carbocycles. The van der Waals surface area contributed by atoms with Gasteiger partial charge in [0.15, 0.2) is 12.4 Å². The number of aliphatic hydroxyl groups is 3. The Bertz CT molecular complexity index is 1440. The van der Waals surface area contributed by atoms with Gasteiger partial charge < -0.3 is 34.3 Å². The topological polar surface area (TPSA) is 186 Å². The fraction of sp³-hybridized carbons (Fsp3) is 0.600. The quantitative estimate of drug-likeness (QED) is 0.0169. The SMILES string of the molecule is CC/C=C/C=C/C=C/C=C/CCCCCCCC(=O)OC[C@H](CO[C@H]1O[C@H](CS(=O)(=O)O)[C@@H](O)C(O)C1O)OC(=O)CCCC/C=C/C/C=C/C/C=C/C/C=C/CC. The molecule has 13 heteroatoms. The molecule has 0 aromatic carbocycles. The lowest BCUT2D eigenvalue weighted by Crippen LogP contribution is -2.60. The number of carbonyl (C=O) groups is 2. The Morgan fingerprint density at radius 3 is 1.78 bits per heavy atom. The molecule has 4 N–H and O–H groups in total. The van der Waals surface area contributed by atoms with E-state index in [1.54, 1.807) is 0 Å². The van der Waals surface area contributed by atoms with Crippen LogP contribution in [0.3, 0.4) is 0 Å². The maximum Gasteiger partial charge on any atom is 0.306 e. The van der Waals surface area contributed by atoms with Crippen LogP contribution >= 0.6 is 0 Å². The highest BCUT2D eigenvalue weighted by Gasteiger charge is 2.46. The zero-order valence-electron chi connectivity index (χ0n) is 34.6. The molecule has 0 aromatic rings. The summed E-state index contributed by atoms with van der Waals surface area (Å²) in [6.45, 7) is 3.42. The first-order valence-corrected chi connectivity index (χ1v) is 22.5. The Kier molecular flexibility index (Phi) is 31.2. The van der Waals surface area contributed by atoms with Crippen LogP contribution in [0.1, 0.15) is 117 Å². The molecule has 1 rings (SSSR count). The fourth-order valence-corrected chi connectivity index (χ4v) is 6.25. The van der Waals surface area contributed by atoms with Crippen molar-refractivity contribution in [3.05, 3.63) is 97.2 Å². The predicted octanol–water partition coefficient (Wildman–Crippen LogP) is 7.88. The molecular formula is C45H70O12S. The van der Waals surface area contributed by atoms with Crippen molar-refractivity contribution < 1.29 is 56.8 Å². The highest BCUT2D eigenvalue weighted by atomic mass is 32.2. The van der Waals surface area contributed by atoms with Crippen LogP contribution in [0.5, 0.6) is 0 Å². The van der Waals surface area contributed by atoms with Crippen molar-refractivity contribution >= 4 is 22.1 Å². The summed E-state index contributed by atoms with van der Waals surface area (Å²) in [5.74, 6) is -2.09. The van der Waals surface area contributed by atoms with E-state index in [0.29, 0.717) is 12.8 Å². The Labute approximate surface area is 347 Å². The summed E-state index contributed by atoms with van der Waals surface area (Å²) in [4.78, 5) is 25.3. The van der Waals surface area contributed by atoms with Crippen molar-refractivity contribution in [1.82, 2.24) is 0 Å². The van der Waals surface area contributed by atoms with E-state index in [2.05, 4.69) is 74.6 Å². The minimum atomic E-state index is -4.61. The number of unbranched alkanes of at least 4 members (excludes halogenated alkanes) is 7. The van der Waals surface area contributed by atoms with Gasteiger partial charge in [0.05, 0.1) is 6.61 Å². The van der Waals surface area contributed by atoms with Gasteiger partial charge in [-0.05, 0) is 70.6 Å². The number of hydrogen-bond acceptors (Lipinski definition) is 11. The Morgan fingerprint density at radius 1 is 0.603 bits per heavy atom. The molecule has 1 saturated heterocycles. The van der Waals surface area contributed by atoms with Gasteiger partial charge >= 0.3 is 11.9 Å². The van der Waals surface area contributed by atoms with Crippen molar-refractivity contribution in [1.29, 1.82) is 0 Å². The standard InChI is InChI=1S/C45H70O12S/c1-3-5-7-9-11-13-15-17-19-21-23-25-27-29-31-33-40(46)54-35-38(36-55-45-44(50)43(49)42(48)39(57-45)37-58(51,52)53)56-41(47)34-32-30-28-26-24-22-20-18-16-14-12-10-8-6-4-2/h5-9,11-15,17-20,24,26,38-39,42-45,48-50H,3-4,10,16,21-23,25,27-37H2,1-2H3,(H,51,52,53)/b7-5+,8-6+,11-9+,14-12+,15-13+,19-17+,20-18+,26-24+/t38-,39-,42-,43?,44?,45+/m1/s1. The molecule has 328 valence electrons. The first-order valence-electron chi connectivity index (χ1n) is 20.8. The minimum Gasteiger partial charge on any atom is -0.462 e. The van der Waals surface area contributed by atoms with E-state index in [1.165, 1.54) is 0 Å². The number of esters is 2. The molecule has 1 heterocycles. The molecule has 12 nitrogen and oxygen atoms in total. The fourth-order valence-electron chi connectivity index (χ4n) is 5.56. The Morgan fingerprint density at radius 2 is 1.12 bits per heavy atom. The third kappa shape index (κ3) is 28.9. The van der Waals surface area contributed by atoms with Crippen LogP contribution in [0.25, 0.3) is 0 Å². The largest absolute Gasteiger partial charge is 0.462 e. The Balaban J connectivity index is 2.55. The van der Waals surface area contributed by atoms with Crippen molar-refractivity contribution in [2.45, 2.75) is 153 Å². The average Bonchev–Trinajstić information content (AvgIpc) is 3.18. The molecule has 1 aliphatic heterocycles. The summed E-state index contributed by atoms with van der Waals surface area (Å²) in [7, 11) is -4.61. The van der Waals surface area contributed by atoms with Crippen LogP contribution in [0.4, 0.5) is 0 Å². The highest BCUT2D eigenvalue weighted by Crippen LogP contribution is 2.24. The number of aliphatic hydroxyl groups excluding tert-OH is 3. The maximum atomic E-state index is 12.8. The summed E-state index contributed by atoms with van der Waals surface area (Å²) in [6, 6.07) is 0. The van der Waals surface area contributed by atoms with E-state index in [1.807, 2.05) is 36.5 Å². The number of ether oxygens (including phenoxy) is 4. The van der Waals surface area contributed by atoms with Gasteiger partial charge in [-0.2, -0.15) is 8.42 Å². The summed E-state index contributed by atoms with van der Waals surface area (Å²) in [5, 5.41) is 30.8. The highest BCUT2D eigenvalue weighted by molar-refractivity contribution is 7.85. The molecular weight excluding hydrogens is 765 g/mol. The molecule has 0 bridgehead atoms. The van der Waals surface area contributed by atoms with Gasteiger partial charge in [0.2, 0.25) is 0 Å². The molecule has 1 aliphatic rings. The van der Waals surface area contributed by atoms with E-state index in [-0.39, 0.29) is 19.4 Å². The zero-order chi connectivity index (χ0) is 42.7. The molecule has 0 radical (unpaired) electrons. The molecule has 0 aromatic heterocycles. The summed E-state index contributed by atoms with van der Waals surface area (Å²) < 4.78 is 53.9. The van der Waals surface area contributed by atoms with Gasteiger partial charge in [0.25, 0.3) is 10.1 Å². The van der Waals surface area contributed by atoms with Crippen molar-refractivity contribution in [2.75, 3.05) is 19.0 Å². The number of rotatable bonds is 32. The lowest BCUT2D eigenvalue weighted by atomic mass is 10.00. The molecule has 0 spiro atoms. The second-order valence-electron chi connectivity index (χ2n) is 14.0. The monoisotopic (exact) mass is 834 g/mol. The zero-order valence-corrected chi connectivity index (χ0v) is 35.4. The van der Waals surface area contributed by atoms with E-state index >= 15 is 0 Å². The molecule has 58 heavy (non-hydrogen) atoms. The minimum absolute atomic E-state index is 0.0998. The lowest BCUT2D eigenvalue weighted by molar-refractivity contribution is -0.297. The van der Waals surface area contributed by atoms with Gasteiger partial charge in [-0.3, -0.25) is 14.1 Å². The molecule has 0 saturated carbocycles. The van der Waals surface area contributed by atoms with Crippen molar-refractivity contribution in [3.8, 4) is 0 Å². The predicted molar refractivity (Wildman–Crippen MR) is 228 cm³/mol. The maximum absolute atomic E-state index is 12.8. The van der Waals surface area contributed by atoms with Gasteiger partial charge in [0.1, 0.15) is 36.8 Å². The van der Waals surface area contributed by atoms with Crippen molar-refractivity contribution in [3.63, 3.8) is 0 Å². The van der Waals surface area contributed by atoms with E-state index in [0.717, 1.165) is 77.0 Å². The first kappa shape index (κ1) is 52.6. The van der Waals surface area contributed by atoms with Crippen molar-refractivity contribution in [2.24, 2.45) is 0 Å². The summed E-state index contributed by atoms with van der Waals surface area (Å²) >= 11 is 0.